The van der Waals surface area contributed by atoms with E-state index in [0.717, 1.165) is 82.8 Å². The second-order valence-corrected chi connectivity index (χ2v) is 13.2. The zero-order chi connectivity index (χ0) is 29.1. The number of rotatable bonds is 8. The molecule has 42 heavy (non-hydrogen) atoms. The van der Waals surface area contributed by atoms with Crippen molar-refractivity contribution in [3.8, 4) is 5.88 Å². The molecule has 3 aliphatic rings. The van der Waals surface area contributed by atoms with Crippen molar-refractivity contribution in [1.82, 2.24) is 19.9 Å². The molecule has 1 aliphatic carbocycles. The first kappa shape index (κ1) is 28.7. The molecule has 0 aromatic carbocycles. The van der Waals surface area contributed by atoms with E-state index in [2.05, 4.69) is 48.9 Å². The van der Waals surface area contributed by atoms with Crippen LogP contribution in [0.15, 0.2) is 36.7 Å². The lowest BCUT2D eigenvalue weighted by Gasteiger charge is -2.34. The fourth-order valence-electron chi connectivity index (χ4n) is 5.81. The van der Waals surface area contributed by atoms with Crippen LogP contribution in [0.3, 0.4) is 0 Å². The molecule has 0 unspecified atom stereocenters. The van der Waals surface area contributed by atoms with Crippen molar-refractivity contribution >= 4 is 43.9 Å². The number of hydrogen-bond acceptors (Lipinski definition) is 11. The van der Waals surface area contributed by atoms with Crippen molar-refractivity contribution < 1.29 is 17.9 Å². The summed E-state index contributed by atoms with van der Waals surface area (Å²) in [5.41, 5.74) is 2.27. The summed E-state index contributed by atoms with van der Waals surface area (Å²) < 4.78 is 38.3. The predicted molar refractivity (Wildman–Crippen MR) is 165 cm³/mol. The largest absolute Gasteiger partial charge is 0.474 e. The van der Waals surface area contributed by atoms with Gasteiger partial charge in [-0.05, 0) is 50.9 Å². The van der Waals surface area contributed by atoms with Gasteiger partial charge in [0.2, 0.25) is 15.9 Å². The number of pyridine rings is 3. The minimum atomic E-state index is -3.44. The molecule has 6 rings (SSSR count). The molecule has 0 amide bonds. The fourth-order valence-corrected chi connectivity index (χ4v) is 6.35. The Morgan fingerprint density at radius 2 is 1.69 bits per heavy atom. The van der Waals surface area contributed by atoms with Crippen molar-refractivity contribution in [2.75, 3.05) is 85.6 Å². The highest BCUT2D eigenvalue weighted by atomic mass is 32.2. The highest BCUT2D eigenvalue weighted by molar-refractivity contribution is 7.92. The molecule has 226 valence electrons. The van der Waals surface area contributed by atoms with Gasteiger partial charge in [-0.15, -0.1) is 0 Å². The summed E-state index contributed by atoms with van der Waals surface area (Å²) in [7, 11) is -1.28. The highest BCUT2D eigenvalue weighted by Gasteiger charge is 2.25. The second-order valence-electron chi connectivity index (χ2n) is 11.5. The Morgan fingerprint density at radius 1 is 0.929 bits per heavy atom. The Balaban J connectivity index is 1.12. The maximum absolute atomic E-state index is 11.8. The van der Waals surface area contributed by atoms with Gasteiger partial charge in [0.15, 0.2) is 0 Å². The van der Waals surface area contributed by atoms with E-state index in [9.17, 15) is 8.42 Å². The quantitative estimate of drug-likeness (QED) is 0.399. The number of nitrogens with one attached hydrogen (secondary N) is 2. The molecule has 0 radical (unpaired) electrons. The number of morpholine rings is 1. The van der Waals surface area contributed by atoms with E-state index >= 15 is 0 Å². The van der Waals surface area contributed by atoms with Crippen LogP contribution in [0.2, 0.25) is 0 Å². The number of hydrogen-bond donors (Lipinski definition) is 2. The third-order valence-corrected chi connectivity index (χ3v) is 8.80. The lowest BCUT2D eigenvalue weighted by molar-refractivity contribution is 0.122. The number of aromatic nitrogens is 3. The Morgan fingerprint density at radius 3 is 2.38 bits per heavy atom. The van der Waals surface area contributed by atoms with Crippen LogP contribution >= 0.6 is 0 Å². The van der Waals surface area contributed by atoms with Crippen LogP contribution in [0.25, 0.3) is 10.9 Å². The molecule has 0 atom stereocenters. The van der Waals surface area contributed by atoms with E-state index in [0.29, 0.717) is 41.7 Å². The summed E-state index contributed by atoms with van der Waals surface area (Å²) in [6, 6.07) is 8.25. The van der Waals surface area contributed by atoms with Crippen molar-refractivity contribution in [3.05, 3.63) is 36.7 Å². The van der Waals surface area contributed by atoms with Gasteiger partial charge in [-0.25, -0.2) is 13.4 Å². The van der Waals surface area contributed by atoms with Crippen molar-refractivity contribution in [2.24, 2.45) is 0 Å². The molecule has 13 heteroatoms. The molecular formula is C29H40N8O4S. The Kier molecular flexibility index (Phi) is 8.50. The maximum atomic E-state index is 11.8. The summed E-state index contributed by atoms with van der Waals surface area (Å²) in [6.07, 6.45) is 8.27. The molecule has 2 aliphatic heterocycles. The minimum absolute atomic E-state index is 0.00206. The van der Waals surface area contributed by atoms with Crippen LogP contribution < -0.4 is 24.6 Å². The van der Waals surface area contributed by atoms with E-state index in [1.165, 1.54) is 11.9 Å². The third-order valence-electron chi connectivity index (χ3n) is 8.19. The van der Waals surface area contributed by atoms with Gasteiger partial charge < -0.3 is 29.5 Å². The number of piperazine rings is 1. The van der Waals surface area contributed by atoms with Gasteiger partial charge in [0, 0.05) is 51.4 Å². The standard InChI is InChI=1S/C29H40N8O4S/c1-35-9-11-36(12-10-35)23-5-8-27(31-20-23)32-21-3-6-24(7-4-21)41-29-25-17-22(34-42(2,38)39)19-30-26(25)18-28(33-29)37-13-15-40-16-14-37/h5,8,17-21,24,34H,3-4,6-7,9-16H2,1-2H3,(H,31,32). The molecule has 0 spiro atoms. The van der Waals surface area contributed by atoms with E-state index < -0.39 is 10.0 Å². The Hall–Kier alpha value is -3.42. The second kappa shape index (κ2) is 12.4. The fraction of sp³-hybridized carbons (Fsp3) is 0.552. The van der Waals surface area contributed by atoms with Crippen molar-refractivity contribution in [3.63, 3.8) is 0 Å². The van der Waals surface area contributed by atoms with E-state index in [1.54, 1.807) is 6.07 Å². The number of fused-ring (bicyclic) bond motifs is 1. The number of likely N-dealkylation sites (N-methyl/N-ethyl adjacent to an activating group) is 1. The number of sulfonamides is 1. The normalized spacial score (nSPS) is 22.2. The van der Waals surface area contributed by atoms with E-state index in [1.807, 2.05) is 12.3 Å². The molecule has 3 aromatic heterocycles. The van der Waals surface area contributed by atoms with Crippen molar-refractivity contribution in [1.29, 1.82) is 0 Å². The third kappa shape index (κ3) is 7.13. The molecule has 12 nitrogen and oxygen atoms in total. The summed E-state index contributed by atoms with van der Waals surface area (Å²) in [6.45, 7) is 6.97. The zero-order valence-electron chi connectivity index (χ0n) is 24.3. The summed E-state index contributed by atoms with van der Waals surface area (Å²) in [4.78, 5) is 21.0. The topological polar surface area (TPSA) is 125 Å². The Bertz CT molecular complexity index is 1470. The smallest absolute Gasteiger partial charge is 0.229 e. The van der Waals surface area contributed by atoms with Crippen LogP contribution in [0, 0.1) is 0 Å². The van der Waals surface area contributed by atoms with Gasteiger partial charge in [0.1, 0.15) is 17.7 Å². The Labute approximate surface area is 247 Å². The van der Waals surface area contributed by atoms with Gasteiger partial charge in [-0.1, -0.05) is 0 Å². The highest BCUT2D eigenvalue weighted by Crippen LogP contribution is 2.33. The SMILES string of the molecule is CN1CCN(c2ccc(NC3CCC(Oc4nc(N5CCOCC5)cc5ncc(NS(C)(=O)=O)cc45)CC3)nc2)CC1. The van der Waals surface area contributed by atoms with Gasteiger partial charge >= 0.3 is 0 Å². The molecule has 2 saturated heterocycles. The molecule has 3 fully saturated rings. The summed E-state index contributed by atoms with van der Waals surface area (Å²) in [5, 5.41) is 4.30. The lowest BCUT2D eigenvalue weighted by atomic mass is 9.93. The predicted octanol–water partition coefficient (Wildman–Crippen LogP) is 2.79. The number of nitrogens with zero attached hydrogens (tertiary/aromatic N) is 6. The molecule has 0 bridgehead atoms. The molecule has 5 heterocycles. The molecule has 1 saturated carbocycles. The van der Waals surface area contributed by atoms with E-state index in [-0.39, 0.29) is 6.10 Å². The van der Waals surface area contributed by atoms with Crippen LogP contribution in [0.1, 0.15) is 25.7 Å². The monoisotopic (exact) mass is 596 g/mol. The molecule has 3 aromatic rings. The van der Waals surface area contributed by atoms with Crippen LogP contribution in [0.5, 0.6) is 5.88 Å². The van der Waals surface area contributed by atoms with Gasteiger partial charge in [-0.3, -0.25) is 9.71 Å². The minimum Gasteiger partial charge on any atom is -0.474 e. The van der Waals surface area contributed by atoms with Gasteiger partial charge in [-0.2, -0.15) is 4.98 Å². The number of anilines is 4. The van der Waals surface area contributed by atoms with Crippen molar-refractivity contribution in [2.45, 2.75) is 37.8 Å². The van der Waals surface area contributed by atoms with Crippen LogP contribution in [0.4, 0.5) is 23.0 Å². The first-order valence-corrected chi connectivity index (χ1v) is 16.6. The van der Waals surface area contributed by atoms with E-state index in [4.69, 9.17) is 19.4 Å². The average molecular weight is 597 g/mol. The molecule has 2 N–H and O–H groups in total. The van der Waals surface area contributed by atoms with Gasteiger partial charge in [0.25, 0.3) is 0 Å². The summed E-state index contributed by atoms with van der Waals surface area (Å²) >= 11 is 0. The lowest BCUT2D eigenvalue weighted by Crippen LogP contribution is -2.44. The van der Waals surface area contributed by atoms with Crippen LogP contribution in [-0.4, -0.2) is 106 Å². The first-order chi connectivity index (χ1) is 20.3. The summed E-state index contributed by atoms with van der Waals surface area (Å²) in [5.74, 6) is 2.18. The van der Waals surface area contributed by atoms with Crippen LogP contribution in [-0.2, 0) is 14.8 Å². The zero-order valence-corrected chi connectivity index (χ0v) is 25.1. The average Bonchev–Trinajstić information content (AvgIpc) is 2.99. The maximum Gasteiger partial charge on any atom is 0.229 e. The molecular weight excluding hydrogens is 556 g/mol. The number of ether oxygens (including phenoxy) is 2. The first-order valence-electron chi connectivity index (χ1n) is 14.7. The van der Waals surface area contributed by atoms with Gasteiger partial charge in [0.05, 0.1) is 54.1 Å².